The molecule has 0 unspecified atom stereocenters. The van der Waals surface area contributed by atoms with Crippen molar-refractivity contribution < 1.29 is 4.79 Å². The Hall–Kier alpha value is -3.40. The van der Waals surface area contributed by atoms with Crippen LogP contribution in [0.4, 0.5) is 5.82 Å². The van der Waals surface area contributed by atoms with Crippen LogP contribution in [0.2, 0.25) is 0 Å². The van der Waals surface area contributed by atoms with Crippen LogP contribution in [0.15, 0.2) is 48.7 Å². The van der Waals surface area contributed by atoms with E-state index in [9.17, 15) is 4.79 Å². The number of pyridine rings is 1. The summed E-state index contributed by atoms with van der Waals surface area (Å²) in [4.78, 5) is 21.3. The first kappa shape index (κ1) is 17.7. The van der Waals surface area contributed by atoms with E-state index in [0.29, 0.717) is 5.82 Å². The van der Waals surface area contributed by atoms with E-state index in [-0.39, 0.29) is 11.2 Å². The van der Waals surface area contributed by atoms with Crippen LogP contribution in [0, 0.1) is 13.8 Å². The van der Waals surface area contributed by atoms with E-state index in [2.05, 4.69) is 55.0 Å². The zero-order valence-corrected chi connectivity index (χ0v) is 17.1. The Labute approximate surface area is 169 Å². The van der Waals surface area contributed by atoms with Crippen molar-refractivity contribution in [3.63, 3.8) is 0 Å². The number of anilines is 1. The molecule has 0 bridgehead atoms. The van der Waals surface area contributed by atoms with E-state index in [0.717, 1.165) is 50.0 Å². The van der Waals surface area contributed by atoms with Crippen LogP contribution < -0.4 is 5.73 Å². The Bertz CT molecular complexity index is 1310. The van der Waals surface area contributed by atoms with Crippen LogP contribution in [0.3, 0.4) is 0 Å². The third-order valence-electron chi connectivity index (χ3n) is 6.19. The fourth-order valence-electron chi connectivity index (χ4n) is 4.57. The number of aromatic amines is 1. The van der Waals surface area contributed by atoms with E-state index in [1.807, 2.05) is 25.1 Å². The van der Waals surface area contributed by atoms with Gasteiger partial charge < -0.3 is 10.7 Å². The lowest BCUT2D eigenvalue weighted by Gasteiger charge is -2.33. The second kappa shape index (κ2) is 5.80. The summed E-state index contributed by atoms with van der Waals surface area (Å²) in [6.07, 6.45) is 1.79. The van der Waals surface area contributed by atoms with Gasteiger partial charge in [-0.05, 0) is 66.4 Å². The van der Waals surface area contributed by atoms with Crippen molar-refractivity contribution in [2.45, 2.75) is 33.1 Å². The maximum atomic E-state index is 13.6. The Kier molecular flexibility index (Phi) is 3.54. The molecule has 0 fully saturated rings. The quantitative estimate of drug-likeness (QED) is 0.470. The molecule has 2 heterocycles. The molecular weight excluding hydrogens is 358 g/mol. The highest BCUT2D eigenvalue weighted by molar-refractivity contribution is 6.20. The monoisotopic (exact) mass is 381 g/mol. The SMILES string of the molecule is Cc1ccc2c3c([nH]c2c1)C(C)(C)c1cc(-c2ccc(N)nc2)c(C)cc1C3=O. The van der Waals surface area contributed by atoms with E-state index < -0.39 is 0 Å². The topological polar surface area (TPSA) is 71.8 Å². The van der Waals surface area contributed by atoms with Crippen molar-refractivity contribution in [1.29, 1.82) is 0 Å². The highest BCUT2D eigenvalue weighted by atomic mass is 16.1. The van der Waals surface area contributed by atoms with Crippen LogP contribution in [-0.4, -0.2) is 15.8 Å². The van der Waals surface area contributed by atoms with Gasteiger partial charge in [0.2, 0.25) is 0 Å². The molecule has 2 aromatic carbocycles. The van der Waals surface area contributed by atoms with Gasteiger partial charge in [-0.25, -0.2) is 4.98 Å². The highest BCUT2D eigenvalue weighted by Gasteiger charge is 2.40. The Balaban J connectivity index is 1.78. The minimum Gasteiger partial charge on any atom is -0.384 e. The minimum absolute atomic E-state index is 0.0921. The van der Waals surface area contributed by atoms with E-state index >= 15 is 0 Å². The zero-order chi connectivity index (χ0) is 20.5. The molecule has 2 aromatic heterocycles. The van der Waals surface area contributed by atoms with E-state index in [1.54, 1.807) is 6.20 Å². The molecule has 4 nitrogen and oxygen atoms in total. The van der Waals surface area contributed by atoms with E-state index in [4.69, 9.17) is 5.73 Å². The molecule has 1 aliphatic rings. The number of fused-ring (bicyclic) bond motifs is 4. The maximum Gasteiger partial charge on any atom is 0.195 e. The molecule has 29 heavy (non-hydrogen) atoms. The first-order valence-corrected chi connectivity index (χ1v) is 9.82. The normalized spacial score (nSPS) is 14.7. The second-order valence-electron chi connectivity index (χ2n) is 8.56. The Morgan fingerprint density at radius 1 is 1.00 bits per heavy atom. The molecule has 5 rings (SSSR count). The third-order valence-corrected chi connectivity index (χ3v) is 6.19. The number of H-pyrrole nitrogens is 1. The van der Waals surface area contributed by atoms with Crippen LogP contribution in [0.5, 0.6) is 0 Å². The largest absolute Gasteiger partial charge is 0.384 e. The number of nitrogens with zero attached hydrogens (tertiary/aromatic N) is 1. The number of hydrogen-bond acceptors (Lipinski definition) is 3. The number of rotatable bonds is 1. The first-order valence-electron chi connectivity index (χ1n) is 9.82. The van der Waals surface area contributed by atoms with Crippen molar-refractivity contribution >= 4 is 22.5 Å². The van der Waals surface area contributed by atoms with Gasteiger partial charge in [0, 0.05) is 39.3 Å². The second-order valence-corrected chi connectivity index (χ2v) is 8.56. The molecule has 1 aliphatic carbocycles. The minimum atomic E-state index is -0.324. The number of ketones is 1. The molecular formula is C25H23N3O. The summed E-state index contributed by atoms with van der Waals surface area (Å²) >= 11 is 0. The van der Waals surface area contributed by atoms with Crippen molar-refractivity contribution in [3.05, 3.63) is 82.2 Å². The third kappa shape index (κ3) is 2.45. The van der Waals surface area contributed by atoms with Gasteiger partial charge in [-0.3, -0.25) is 4.79 Å². The molecule has 144 valence electrons. The molecule has 0 amide bonds. The number of nitrogens with one attached hydrogen (secondary N) is 1. The molecule has 0 spiro atoms. The number of hydrogen-bond donors (Lipinski definition) is 2. The summed E-state index contributed by atoms with van der Waals surface area (Å²) in [6.45, 7) is 8.47. The average molecular weight is 381 g/mol. The van der Waals surface area contributed by atoms with Gasteiger partial charge in [-0.1, -0.05) is 26.0 Å². The Morgan fingerprint density at radius 3 is 2.52 bits per heavy atom. The van der Waals surface area contributed by atoms with Crippen molar-refractivity contribution in [1.82, 2.24) is 9.97 Å². The molecule has 0 radical (unpaired) electrons. The predicted octanol–water partition coefficient (Wildman–Crippen LogP) is 5.30. The summed E-state index contributed by atoms with van der Waals surface area (Å²) in [6, 6.07) is 14.2. The van der Waals surface area contributed by atoms with Crippen molar-refractivity contribution in [2.24, 2.45) is 0 Å². The zero-order valence-electron chi connectivity index (χ0n) is 17.1. The fourth-order valence-corrected chi connectivity index (χ4v) is 4.57. The summed E-state index contributed by atoms with van der Waals surface area (Å²) in [5, 5.41) is 0.999. The molecule has 3 N–H and O–H groups in total. The summed E-state index contributed by atoms with van der Waals surface area (Å²) in [7, 11) is 0. The average Bonchev–Trinajstić information content (AvgIpc) is 3.06. The van der Waals surface area contributed by atoms with Gasteiger partial charge in [0.15, 0.2) is 5.78 Å². The molecule has 0 aliphatic heterocycles. The highest BCUT2D eigenvalue weighted by Crippen LogP contribution is 2.45. The lowest BCUT2D eigenvalue weighted by molar-refractivity contribution is 0.103. The lowest BCUT2D eigenvalue weighted by Crippen LogP contribution is -2.30. The number of nitrogens with two attached hydrogens (primary N) is 1. The Morgan fingerprint density at radius 2 is 1.79 bits per heavy atom. The van der Waals surface area contributed by atoms with Crippen LogP contribution >= 0.6 is 0 Å². The summed E-state index contributed by atoms with van der Waals surface area (Å²) in [5.74, 6) is 0.590. The molecule has 4 aromatic rings. The van der Waals surface area contributed by atoms with Gasteiger partial charge in [-0.15, -0.1) is 0 Å². The maximum absolute atomic E-state index is 13.6. The van der Waals surface area contributed by atoms with E-state index in [1.165, 1.54) is 5.56 Å². The predicted molar refractivity (Wildman–Crippen MR) is 117 cm³/mol. The molecule has 0 saturated heterocycles. The van der Waals surface area contributed by atoms with Gasteiger partial charge in [0.25, 0.3) is 0 Å². The number of nitrogen functional groups attached to an aromatic ring is 1. The number of carbonyl (C=O) groups is 1. The summed E-state index contributed by atoms with van der Waals surface area (Å²) < 4.78 is 0. The summed E-state index contributed by atoms with van der Waals surface area (Å²) in [5.41, 5.74) is 14.4. The van der Waals surface area contributed by atoms with Gasteiger partial charge >= 0.3 is 0 Å². The lowest BCUT2D eigenvalue weighted by atomic mass is 9.70. The van der Waals surface area contributed by atoms with Gasteiger partial charge in [-0.2, -0.15) is 0 Å². The van der Waals surface area contributed by atoms with Gasteiger partial charge in [0.1, 0.15) is 5.82 Å². The number of aromatic nitrogens is 2. The van der Waals surface area contributed by atoms with Crippen LogP contribution in [0.25, 0.3) is 22.0 Å². The van der Waals surface area contributed by atoms with Gasteiger partial charge in [0.05, 0.1) is 5.56 Å². The first-order chi connectivity index (χ1) is 13.8. The van der Waals surface area contributed by atoms with Crippen LogP contribution in [0.1, 0.15) is 52.2 Å². The van der Waals surface area contributed by atoms with Crippen molar-refractivity contribution in [3.8, 4) is 11.1 Å². The smallest absolute Gasteiger partial charge is 0.195 e. The van der Waals surface area contributed by atoms with Crippen LogP contribution in [-0.2, 0) is 5.41 Å². The molecule has 4 heteroatoms. The number of carbonyl (C=O) groups excluding carboxylic acids is 1. The number of aryl methyl sites for hydroxylation is 2. The fraction of sp³-hybridized carbons (Fsp3) is 0.200. The molecule has 0 saturated carbocycles. The van der Waals surface area contributed by atoms with Crippen molar-refractivity contribution in [2.75, 3.05) is 5.73 Å². The standard InChI is InChI=1S/C25H23N3O/c1-13-5-7-16-20(9-13)28-24-22(16)23(29)18-10-14(2)17(11-19(18)25(24,3)4)15-6-8-21(26)27-12-15/h5-12,28H,1-4H3,(H2,26,27). The number of benzene rings is 2. The molecule has 0 atom stereocenters.